The van der Waals surface area contributed by atoms with Crippen LogP contribution in [-0.4, -0.2) is 30.9 Å². The first-order chi connectivity index (χ1) is 13.5. The number of nitrogens with zero attached hydrogens (tertiary/aromatic N) is 1. The number of hydrogen-bond acceptors (Lipinski definition) is 5. The molecule has 2 heterocycles. The third kappa shape index (κ3) is 4.64. The summed E-state index contributed by atoms with van der Waals surface area (Å²) in [7, 11) is 0. The van der Waals surface area contributed by atoms with Gasteiger partial charge in [0.05, 0.1) is 16.5 Å². The molecule has 1 unspecified atom stereocenters. The van der Waals surface area contributed by atoms with Crippen LogP contribution >= 0.6 is 22.9 Å². The third-order valence-corrected chi connectivity index (χ3v) is 5.91. The summed E-state index contributed by atoms with van der Waals surface area (Å²) in [5.41, 5.74) is 2.96. The van der Waals surface area contributed by atoms with E-state index in [1.54, 1.807) is 6.92 Å². The van der Waals surface area contributed by atoms with E-state index in [-0.39, 0.29) is 11.5 Å². The van der Waals surface area contributed by atoms with Crippen molar-refractivity contribution in [2.24, 2.45) is 4.99 Å². The summed E-state index contributed by atoms with van der Waals surface area (Å²) in [6.45, 7) is 6.33. The van der Waals surface area contributed by atoms with Crippen LogP contribution in [0.25, 0.3) is 10.4 Å². The van der Waals surface area contributed by atoms with Crippen LogP contribution in [0.4, 0.5) is 0 Å². The van der Waals surface area contributed by atoms with E-state index in [0.29, 0.717) is 18.8 Å². The zero-order valence-electron chi connectivity index (χ0n) is 15.4. The Bertz CT molecular complexity index is 949. The van der Waals surface area contributed by atoms with Crippen LogP contribution in [0.15, 0.2) is 58.9 Å². The number of allylic oxidation sites excluding steroid dienone is 1. The zero-order chi connectivity index (χ0) is 20.1. The molecule has 28 heavy (non-hydrogen) atoms. The van der Waals surface area contributed by atoms with Gasteiger partial charge in [0.15, 0.2) is 0 Å². The summed E-state index contributed by atoms with van der Waals surface area (Å²) in [4.78, 5) is 16.1. The number of carboxylic acids is 1. The summed E-state index contributed by atoms with van der Waals surface area (Å²) in [6.07, 6.45) is 3.68. The van der Waals surface area contributed by atoms with Crippen LogP contribution in [0.2, 0.25) is 4.34 Å². The number of ether oxygens (including phenoxy) is 1. The van der Waals surface area contributed by atoms with E-state index in [4.69, 9.17) is 16.3 Å². The van der Waals surface area contributed by atoms with Gasteiger partial charge in [-0.2, -0.15) is 0 Å². The van der Waals surface area contributed by atoms with E-state index in [1.807, 2.05) is 18.2 Å². The van der Waals surface area contributed by atoms with Crippen molar-refractivity contribution in [1.29, 1.82) is 0 Å². The Labute approximate surface area is 173 Å². The number of benzene rings is 1. The highest BCUT2D eigenvalue weighted by molar-refractivity contribution is 7.19. The molecule has 0 saturated carbocycles. The summed E-state index contributed by atoms with van der Waals surface area (Å²) in [6, 6.07) is 10.1. The van der Waals surface area contributed by atoms with Crippen LogP contribution < -0.4 is 10.1 Å². The maximum atomic E-state index is 11.4. The van der Waals surface area contributed by atoms with Gasteiger partial charge < -0.3 is 15.2 Å². The summed E-state index contributed by atoms with van der Waals surface area (Å²) in [5, 5.41) is 12.6. The van der Waals surface area contributed by atoms with Crippen molar-refractivity contribution in [3.8, 4) is 16.2 Å². The first-order valence-electron chi connectivity index (χ1n) is 8.82. The minimum atomic E-state index is -1.00. The normalized spacial score (nSPS) is 16.9. The molecule has 1 aliphatic heterocycles. The first-order valence-corrected chi connectivity index (χ1v) is 10.0. The number of nitrogens with one attached hydrogen (secondary N) is 1. The molecular weight excluding hydrogens is 396 g/mol. The second-order valence-corrected chi connectivity index (χ2v) is 8.13. The molecule has 0 fully saturated rings. The van der Waals surface area contributed by atoms with Gasteiger partial charge in [0.1, 0.15) is 5.75 Å². The molecule has 1 atom stereocenters. The van der Waals surface area contributed by atoms with Gasteiger partial charge >= 0.3 is 5.97 Å². The number of carboxylic acid groups (broad SMARTS) is 1. The largest absolute Gasteiger partial charge is 0.493 e. The molecule has 5 nitrogen and oxygen atoms in total. The fourth-order valence-electron chi connectivity index (χ4n) is 3.15. The molecule has 1 aliphatic rings. The van der Waals surface area contributed by atoms with Gasteiger partial charge in [0.2, 0.25) is 0 Å². The Morgan fingerprint density at radius 1 is 1.46 bits per heavy atom. The Hall–Kier alpha value is -2.57. The van der Waals surface area contributed by atoms with E-state index < -0.39 is 5.97 Å². The van der Waals surface area contributed by atoms with E-state index >= 15 is 0 Å². The highest BCUT2D eigenvalue weighted by Gasteiger charge is 2.22. The first kappa shape index (κ1) is 20.2. The van der Waals surface area contributed by atoms with Gasteiger partial charge in [0, 0.05) is 29.2 Å². The molecule has 0 bridgehead atoms. The van der Waals surface area contributed by atoms with Crippen molar-refractivity contribution < 1.29 is 14.6 Å². The highest BCUT2D eigenvalue weighted by atomic mass is 35.5. The van der Waals surface area contributed by atoms with Crippen molar-refractivity contribution in [2.45, 2.75) is 19.3 Å². The molecule has 146 valence electrons. The molecule has 0 saturated heterocycles. The summed E-state index contributed by atoms with van der Waals surface area (Å²) < 4.78 is 6.63. The lowest BCUT2D eigenvalue weighted by Gasteiger charge is -2.27. The van der Waals surface area contributed by atoms with Crippen molar-refractivity contribution in [1.82, 2.24) is 5.32 Å². The average Bonchev–Trinajstić information content (AvgIpc) is 3.12. The van der Waals surface area contributed by atoms with Crippen LogP contribution in [0.3, 0.4) is 0 Å². The Morgan fingerprint density at radius 3 is 2.96 bits per heavy atom. The fraction of sp³-hybridized carbons (Fsp3) is 0.238. The zero-order valence-corrected chi connectivity index (χ0v) is 17.0. The predicted octanol–water partition coefficient (Wildman–Crippen LogP) is 5.10. The van der Waals surface area contributed by atoms with Crippen LogP contribution in [0.5, 0.6) is 5.75 Å². The average molecular weight is 417 g/mol. The number of rotatable bonds is 7. The number of fused-ring (bicyclic) bond motifs is 1. The van der Waals surface area contributed by atoms with E-state index in [2.05, 4.69) is 29.2 Å². The maximum absolute atomic E-state index is 11.4. The lowest BCUT2D eigenvalue weighted by molar-refractivity contribution is -0.132. The van der Waals surface area contributed by atoms with Gasteiger partial charge in [0.25, 0.3) is 0 Å². The molecule has 0 amide bonds. The molecule has 0 aliphatic carbocycles. The lowest BCUT2D eigenvalue weighted by atomic mass is 9.91. The van der Waals surface area contributed by atoms with Gasteiger partial charge in [-0.05, 0) is 55.5 Å². The molecule has 2 aromatic rings. The van der Waals surface area contributed by atoms with E-state index in [9.17, 15) is 9.90 Å². The van der Waals surface area contributed by atoms with Gasteiger partial charge in [-0.15, -0.1) is 11.3 Å². The van der Waals surface area contributed by atoms with Crippen molar-refractivity contribution in [2.75, 3.05) is 13.2 Å². The minimum Gasteiger partial charge on any atom is -0.493 e. The number of thiophene rings is 1. The number of aliphatic carboxylic acids is 1. The number of carbonyl (C=O) groups is 1. The van der Waals surface area contributed by atoms with Crippen molar-refractivity contribution >= 4 is 35.6 Å². The Balaban J connectivity index is 1.78. The molecular formula is C21H21ClN2O3S. The number of hydrogen-bond donors (Lipinski definition) is 2. The number of aliphatic imine (C=N–C) groups is 1. The van der Waals surface area contributed by atoms with Crippen LogP contribution in [0.1, 0.15) is 24.8 Å². The van der Waals surface area contributed by atoms with Crippen molar-refractivity contribution in [3.63, 3.8) is 0 Å². The minimum absolute atomic E-state index is 0.171. The second-order valence-electron chi connectivity index (χ2n) is 6.41. The molecule has 7 heteroatoms. The molecule has 1 aromatic heterocycles. The Kier molecular flexibility index (Phi) is 6.54. The SMILES string of the molecule is C=N/C=C\C(C(=O)O)=C(/C)NCC1CCOc2cc(-c3ccc(Cl)s3)ccc21. The van der Waals surface area contributed by atoms with Crippen molar-refractivity contribution in [3.05, 3.63) is 63.8 Å². The second kappa shape index (κ2) is 9.08. The van der Waals surface area contributed by atoms with Gasteiger partial charge in [-0.25, -0.2) is 4.79 Å². The topological polar surface area (TPSA) is 70.9 Å². The van der Waals surface area contributed by atoms with Crippen LogP contribution in [0, 0.1) is 0 Å². The van der Waals surface area contributed by atoms with Crippen LogP contribution in [-0.2, 0) is 4.79 Å². The standard InChI is InChI=1S/C21H21ClN2O3S/c1-13(16(21(25)26)7-9-23-2)24-12-15-8-10-27-18-11-14(3-4-17(15)18)19-5-6-20(22)28-19/h3-7,9,11,15,24H,2,8,10,12H2,1H3,(H,25,26)/b9-7-,16-13-. The quantitative estimate of drug-likeness (QED) is 0.374. The van der Waals surface area contributed by atoms with Gasteiger partial charge in [-0.3, -0.25) is 4.99 Å². The lowest BCUT2D eigenvalue weighted by Crippen LogP contribution is -2.26. The van der Waals surface area contributed by atoms with E-state index in [0.717, 1.165) is 32.5 Å². The molecule has 0 spiro atoms. The summed E-state index contributed by atoms with van der Waals surface area (Å²) in [5.74, 6) is 0.101. The molecule has 0 radical (unpaired) electrons. The monoisotopic (exact) mass is 416 g/mol. The Morgan fingerprint density at radius 2 is 2.29 bits per heavy atom. The molecule has 2 N–H and O–H groups in total. The predicted molar refractivity (Wildman–Crippen MR) is 115 cm³/mol. The number of halogens is 1. The third-order valence-electron chi connectivity index (χ3n) is 4.63. The summed E-state index contributed by atoms with van der Waals surface area (Å²) >= 11 is 7.58. The van der Waals surface area contributed by atoms with Gasteiger partial charge in [-0.1, -0.05) is 23.7 Å². The molecule has 1 aromatic carbocycles. The fourth-order valence-corrected chi connectivity index (χ4v) is 4.19. The maximum Gasteiger partial charge on any atom is 0.337 e. The molecule has 3 rings (SSSR count). The smallest absolute Gasteiger partial charge is 0.337 e. The highest BCUT2D eigenvalue weighted by Crippen LogP contribution is 2.39. The van der Waals surface area contributed by atoms with E-state index in [1.165, 1.54) is 23.6 Å².